The van der Waals surface area contributed by atoms with Crippen molar-refractivity contribution in [3.8, 4) is 0 Å². The van der Waals surface area contributed by atoms with Crippen LogP contribution >= 0.6 is 22.9 Å². The van der Waals surface area contributed by atoms with Crippen molar-refractivity contribution in [1.29, 1.82) is 0 Å². The van der Waals surface area contributed by atoms with Crippen molar-refractivity contribution < 1.29 is 9.18 Å². The Morgan fingerprint density at radius 1 is 1.22 bits per heavy atom. The molecule has 1 N–H and O–H groups in total. The van der Waals surface area contributed by atoms with Gasteiger partial charge in [-0.05, 0) is 42.3 Å². The van der Waals surface area contributed by atoms with Gasteiger partial charge in [0.2, 0.25) is 0 Å². The van der Waals surface area contributed by atoms with Gasteiger partial charge >= 0.3 is 0 Å². The number of pyridine rings is 1. The third-order valence-electron chi connectivity index (χ3n) is 4.06. The lowest BCUT2D eigenvalue weighted by molar-refractivity contribution is 0.103. The second-order valence-corrected chi connectivity index (χ2v) is 7.34. The molecular formula is C19H14ClFN4OS. The Morgan fingerprint density at radius 3 is 2.85 bits per heavy atom. The number of fused-ring (bicyclic) bond motifs is 1. The molecule has 1 aromatic carbocycles. The van der Waals surface area contributed by atoms with Gasteiger partial charge < -0.3 is 5.32 Å². The standard InChI is InChI=1S/C19H14ClFN4OS/c20-17-14-2-1-13(21)11-15(14)27-18(17)19(26)23-16-6-10-25(24-16)9-5-12-3-7-22-8-4-12/h1-4,6-8,10-11H,5,9H2,(H,23,24,26). The average Bonchev–Trinajstić information content (AvgIpc) is 3.25. The van der Waals surface area contributed by atoms with Crippen LogP contribution < -0.4 is 5.32 Å². The van der Waals surface area contributed by atoms with Gasteiger partial charge in [0.25, 0.3) is 5.91 Å². The predicted molar refractivity (Wildman–Crippen MR) is 105 cm³/mol. The zero-order chi connectivity index (χ0) is 18.8. The average molecular weight is 401 g/mol. The highest BCUT2D eigenvalue weighted by molar-refractivity contribution is 7.21. The third kappa shape index (κ3) is 3.84. The van der Waals surface area contributed by atoms with E-state index < -0.39 is 0 Å². The first-order chi connectivity index (χ1) is 13.1. The third-order valence-corrected chi connectivity index (χ3v) is 5.71. The Balaban J connectivity index is 1.46. The van der Waals surface area contributed by atoms with Gasteiger partial charge in [-0.15, -0.1) is 11.3 Å². The molecule has 5 nitrogen and oxygen atoms in total. The molecule has 0 fully saturated rings. The Kier molecular flexibility index (Phi) is 4.87. The van der Waals surface area contributed by atoms with E-state index in [0.29, 0.717) is 32.3 Å². The number of thiophene rings is 1. The number of halogens is 2. The van der Waals surface area contributed by atoms with Crippen molar-refractivity contribution in [3.63, 3.8) is 0 Å². The Hall–Kier alpha value is -2.77. The fourth-order valence-corrected chi connectivity index (χ4v) is 4.14. The van der Waals surface area contributed by atoms with Gasteiger partial charge in [0.1, 0.15) is 10.7 Å². The highest BCUT2D eigenvalue weighted by Crippen LogP contribution is 2.36. The summed E-state index contributed by atoms with van der Waals surface area (Å²) in [6.07, 6.45) is 6.12. The van der Waals surface area contributed by atoms with Crippen molar-refractivity contribution >= 4 is 44.7 Å². The van der Waals surface area contributed by atoms with Crippen LogP contribution in [0, 0.1) is 5.82 Å². The first-order valence-electron chi connectivity index (χ1n) is 8.21. The Labute approximate surface area is 163 Å². The smallest absolute Gasteiger partial charge is 0.268 e. The van der Waals surface area contributed by atoms with E-state index in [0.717, 1.165) is 23.3 Å². The van der Waals surface area contributed by atoms with E-state index in [1.165, 1.54) is 12.1 Å². The summed E-state index contributed by atoms with van der Waals surface area (Å²) in [5.41, 5.74) is 1.16. The minimum Gasteiger partial charge on any atom is -0.304 e. The maximum absolute atomic E-state index is 13.4. The molecule has 0 radical (unpaired) electrons. The topological polar surface area (TPSA) is 59.8 Å². The van der Waals surface area contributed by atoms with Gasteiger partial charge in [-0.1, -0.05) is 11.6 Å². The molecule has 4 rings (SSSR count). The Morgan fingerprint density at radius 2 is 2.04 bits per heavy atom. The van der Waals surface area contributed by atoms with Gasteiger partial charge in [-0.2, -0.15) is 5.10 Å². The molecule has 0 aliphatic rings. The van der Waals surface area contributed by atoms with Crippen LogP contribution in [0.15, 0.2) is 55.0 Å². The quantitative estimate of drug-likeness (QED) is 0.524. The van der Waals surface area contributed by atoms with E-state index in [2.05, 4.69) is 15.4 Å². The molecule has 0 unspecified atom stereocenters. The van der Waals surface area contributed by atoms with E-state index in [9.17, 15) is 9.18 Å². The van der Waals surface area contributed by atoms with Crippen LogP contribution in [-0.2, 0) is 13.0 Å². The summed E-state index contributed by atoms with van der Waals surface area (Å²) in [5.74, 6) is -0.282. The number of carbonyl (C=O) groups is 1. The lowest BCUT2D eigenvalue weighted by atomic mass is 10.2. The summed E-state index contributed by atoms with van der Waals surface area (Å²) in [7, 11) is 0. The van der Waals surface area contributed by atoms with Gasteiger partial charge in [0.15, 0.2) is 5.82 Å². The SMILES string of the molecule is O=C(Nc1ccn(CCc2ccncc2)n1)c1sc2cc(F)ccc2c1Cl. The number of anilines is 1. The first kappa shape index (κ1) is 17.6. The normalized spacial score (nSPS) is 11.0. The van der Waals surface area contributed by atoms with E-state index in [1.54, 1.807) is 35.4 Å². The molecule has 0 saturated carbocycles. The number of benzene rings is 1. The zero-order valence-corrected chi connectivity index (χ0v) is 15.6. The van der Waals surface area contributed by atoms with Gasteiger partial charge in [-0.25, -0.2) is 4.39 Å². The summed E-state index contributed by atoms with van der Waals surface area (Å²) in [6.45, 7) is 0.683. The summed E-state index contributed by atoms with van der Waals surface area (Å²) in [4.78, 5) is 16.9. The fraction of sp³-hybridized carbons (Fsp3) is 0.105. The lowest BCUT2D eigenvalue weighted by Gasteiger charge is -2.02. The predicted octanol–water partition coefficient (Wildman–Crippen LogP) is 4.78. The van der Waals surface area contributed by atoms with Crippen LogP contribution in [0.3, 0.4) is 0 Å². The second kappa shape index (κ2) is 7.46. The summed E-state index contributed by atoms with van der Waals surface area (Å²) in [6, 6.07) is 9.92. The molecule has 0 saturated heterocycles. The van der Waals surface area contributed by atoms with Crippen LogP contribution in [0.25, 0.3) is 10.1 Å². The van der Waals surface area contributed by atoms with Gasteiger partial charge in [0.05, 0.1) is 5.02 Å². The molecule has 27 heavy (non-hydrogen) atoms. The van der Waals surface area contributed by atoms with Gasteiger partial charge in [-0.3, -0.25) is 14.5 Å². The highest BCUT2D eigenvalue weighted by atomic mass is 35.5. The maximum Gasteiger partial charge on any atom is 0.268 e. The molecule has 0 bridgehead atoms. The minimum absolute atomic E-state index is 0.324. The number of nitrogens with zero attached hydrogens (tertiary/aromatic N) is 3. The van der Waals surface area contributed by atoms with Crippen molar-refractivity contribution in [2.75, 3.05) is 5.32 Å². The molecule has 0 atom stereocenters. The molecule has 1 amide bonds. The maximum atomic E-state index is 13.4. The van der Waals surface area contributed by atoms with E-state index in [-0.39, 0.29) is 11.7 Å². The summed E-state index contributed by atoms with van der Waals surface area (Å²) >= 11 is 7.45. The number of hydrogen-bond donors (Lipinski definition) is 1. The van der Waals surface area contributed by atoms with Crippen molar-refractivity contribution in [2.24, 2.45) is 0 Å². The van der Waals surface area contributed by atoms with Crippen molar-refractivity contribution in [1.82, 2.24) is 14.8 Å². The molecule has 4 aromatic rings. The van der Waals surface area contributed by atoms with E-state index in [4.69, 9.17) is 11.6 Å². The zero-order valence-electron chi connectivity index (χ0n) is 14.0. The van der Waals surface area contributed by atoms with Crippen LogP contribution in [0.2, 0.25) is 5.02 Å². The number of aryl methyl sites for hydroxylation is 2. The number of nitrogens with one attached hydrogen (secondary N) is 1. The minimum atomic E-state index is -0.361. The molecule has 0 aliphatic heterocycles. The number of amides is 1. The molecule has 3 aromatic heterocycles. The molecule has 3 heterocycles. The number of aromatic nitrogens is 3. The van der Waals surface area contributed by atoms with E-state index >= 15 is 0 Å². The van der Waals surface area contributed by atoms with Crippen LogP contribution in [0.5, 0.6) is 0 Å². The molecule has 136 valence electrons. The Bertz CT molecular complexity index is 1110. The van der Waals surface area contributed by atoms with Crippen LogP contribution in [-0.4, -0.2) is 20.7 Å². The van der Waals surface area contributed by atoms with Crippen molar-refractivity contribution in [2.45, 2.75) is 13.0 Å². The monoisotopic (exact) mass is 400 g/mol. The molecule has 0 spiro atoms. The fourth-order valence-electron chi connectivity index (χ4n) is 2.70. The molecule has 8 heteroatoms. The number of rotatable bonds is 5. The van der Waals surface area contributed by atoms with Crippen LogP contribution in [0.1, 0.15) is 15.2 Å². The second-order valence-electron chi connectivity index (χ2n) is 5.91. The van der Waals surface area contributed by atoms with Crippen molar-refractivity contribution in [3.05, 3.63) is 76.3 Å². The molecular weight excluding hydrogens is 387 g/mol. The van der Waals surface area contributed by atoms with Gasteiger partial charge in [0, 0.05) is 41.3 Å². The highest BCUT2D eigenvalue weighted by Gasteiger charge is 2.18. The lowest BCUT2D eigenvalue weighted by Crippen LogP contribution is -2.12. The summed E-state index contributed by atoms with van der Waals surface area (Å²) in [5, 5.41) is 8.09. The largest absolute Gasteiger partial charge is 0.304 e. The molecule has 0 aliphatic carbocycles. The number of carbonyl (C=O) groups excluding carboxylic acids is 1. The van der Waals surface area contributed by atoms with E-state index in [1.807, 2.05) is 12.1 Å². The first-order valence-corrected chi connectivity index (χ1v) is 9.41. The number of hydrogen-bond acceptors (Lipinski definition) is 4. The summed E-state index contributed by atoms with van der Waals surface area (Å²) < 4.78 is 15.8. The van der Waals surface area contributed by atoms with Crippen LogP contribution in [0.4, 0.5) is 10.2 Å².